The van der Waals surface area contributed by atoms with Gasteiger partial charge in [0.25, 0.3) is 0 Å². The highest BCUT2D eigenvalue weighted by Crippen LogP contribution is 2.13. The first-order valence-electron chi connectivity index (χ1n) is 10.2. The Balaban J connectivity index is 2.12. The lowest BCUT2D eigenvalue weighted by atomic mass is 10.2. The summed E-state index contributed by atoms with van der Waals surface area (Å²) in [5, 5.41) is 9.86. The minimum absolute atomic E-state index is 0.102. The van der Waals surface area contributed by atoms with E-state index in [1.54, 1.807) is 0 Å². The third kappa shape index (κ3) is 12.7. The first-order chi connectivity index (χ1) is 14.5. The van der Waals surface area contributed by atoms with Gasteiger partial charge in [-0.15, -0.1) is 0 Å². The Morgan fingerprint density at radius 2 is 1.67 bits per heavy atom. The van der Waals surface area contributed by atoms with Gasteiger partial charge in [0.15, 0.2) is 0 Å². The summed E-state index contributed by atoms with van der Waals surface area (Å²) in [5.74, 6) is -0.648. The lowest BCUT2D eigenvalue weighted by Gasteiger charge is -2.12. The topological polar surface area (TPSA) is 82.1 Å². The quantitative estimate of drug-likeness (QED) is 0.210. The number of aliphatic hydroxyl groups is 1. The second-order valence-electron chi connectivity index (χ2n) is 6.62. The van der Waals surface area contributed by atoms with E-state index >= 15 is 0 Å². The highest BCUT2D eigenvalue weighted by molar-refractivity contribution is 5.89. The van der Waals surface area contributed by atoms with Crippen LogP contribution in [0.5, 0.6) is 5.75 Å². The molecule has 164 valence electrons. The number of rotatable bonds is 14. The van der Waals surface area contributed by atoms with Crippen LogP contribution in [-0.2, 0) is 14.3 Å². The summed E-state index contributed by atoms with van der Waals surface area (Å²) in [7, 11) is 0. The van der Waals surface area contributed by atoms with Crippen molar-refractivity contribution in [2.45, 2.75) is 45.6 Å². The maximum Gasteiger partial charge on any atom is 0.338 e. The predicted octanol–water partition coefficient (Wildman–Crippen LogP) is 4.40. The van der Waals surface area contributed by atoms with E-state index in [1.165, 1.54) is 31.2 Å². The molecule has 1 rings (SSSR count). The number of ether oxygens (including phenoxy) is 3. The lowest BCUT2D eigenvalue weighted by molar-refractivity contribution is -0.131. The van der Waals surface area contributed by atoms with Crippen LogP contribution in [0, 0.1) is 0 Å². The minimum Gasteiger partial charge on any atom is -0.459 e. The molecule has 0 heterocycles. The second-order valence-corrected chi connectivity index (χ2v) is 6.62. The molecular weight excluding hydrogens is 384 g/mol. The monoisotopic (exact) mass is 416 g/mol. The zero-order valence-electron chi connectivity index (χ0n) is 17.8. The Labute approximate surface area is 178 Å². The minimum atomic E-state index is -0.886. The molecule has 0 fully saturated rings. The van der Waals surface area contributed by atoms with Crippen LogP contribution in [0.3, 0.4) is 0 Å². The summed E-state index contributed by atoms with van der Waals surface area (Å²) in [6, 6.07) is 6.00. The van der Waals surface area contributed by atoms with E-state index in [2.05, 4.69) is 19.1 Å². The van der Waals surface area contributed by atoms with Gasteiger partial charge in [-0.05, 0) is 43.5 Å². The molecule has 0 saturated carbocycles. The maximum absolute atomic E-state index is 12.0. The number of allylic oxidation sites excluding steroid dienone is 6. The fourth-order valence-electron chi connectivity index (χ4n) is 2.30. The molecule has 0 radical (unpaired) electrons. The lowest BCUT2D eigenvalue weighted by Crippen LogP contribution is -2.24. The van der Waals surface area contributed by atoms with Crippen molar-refractivity contribution in [1.82, 2.24) is 0 Å². The fraction of sp³-hybridized carbons (Fsp3) is 0.417. The van der Waals surface area contributed by atoms with Crippen LogP contribution < -0.4 is 4.74 Å². The third-order valence-corrected chi connectivity index (χ3v) is 3.79. The van der Waals surface area contributed by atoms with Gasteiger partial charge in [0.05, 0.1) is 12.2 Å². The Morgan fingerprint density at radius 3 is 2.30 bits per heavy atom. The third-order valence-electron chi connectivity index (χ3n) is 3.79. The summed E-state index contributed by atoms with van der Waals surface area (Å²) in [6.07, 6.45) is 15.4. The summed E-state index contributed by atoms with van der Waals surface area (Å²) in [4.78, 5) is 22.8. The van der Waals surface area contributed by atoms with E-state index < -0.39 is 18.0 Å². The normalized spacial score (nSPS) is 12.6. The SMILES string of the molecule is CCC/C=C/C=C/C=C/CCCOCC(O)COC(=O)c1ccc(OC(C)=O)cc1. The van der Waals surface area contributed by atoms with Gasteiger partial charge in [0.1, 0.15) is 18.5 Å². The van der Waals surface area contributed by atoms with Crippen LogP contribution >= 0.6 is 0 Å². The molecule has 0 aliphatic carbocycles. The number of benzene rings is 1. The summed E-state index contributed by atoms with van der Waals surface area (Å²) >= 11 is 0. The number of hydrogen-bond donors (Lipinski definition) is 1. The molecule has 0 aromatic heterocycles. The van der Waals surface area contributed by atoms with Crippen molar-refractivity contribution in [3.8, 4) is 5.75 Å². The van der Waals surface area contributed by atoms with Gasteiger partial charge in [-0.2, -0.15) is 0 Å². The van der Waals surface area contributed by atoms with Crippen molar-refractivity contribution in [1.29, 1.82) is 0 Å². The smallest absolute Gasteiger partial charge is 0.338 e. The molecule has 0 aliphatic heterocycles. The van der Waals surface area contributed by atoms with Gasteiger partial charge in [-0.3, -0.25) is 4.79 Å². The number of hydrogen-bond acceptors (Lipinski definition) is 6. The van der Waals surface area contributed by atoms with Crippen LogP contribution in [0.25, 0.3) is 0 Å². The van der Waals surface area contributed by atoms with Crippen molar-refractivity contribution in [3.63, 3.8) is 0 Å². The number of esters is 2. The molecule has 6 heteroatoms. The van der Waals surface area contributed by atoms with Gasteiger partial charge in [-0.1, -0.05) is 49.8 Å². The molecule has 0 saturated heterocycles. The van der Waals surface area contributed by atoms with E-state index in [4.69, 9.17) is 14.2 Å². The molecule has 30 heavy (non-hydrogen) atoms. The van der Waals surface area contributed by atoms with E-state index in [0.717, 1.165) is 25.7 Å². The maximum atomic E-state index is 12.0. The first-order valence-corrected chi connectivity index (χ1v) is 10.2. The van der Waals surface area contributed by atoms with Crippen molar-refractivity contribution in [3.05, 3.63) is 66.3 Å². The van der Waals surface area contributed by atoms with E-state index in [-0.39, 0.29) is 13.2 Å². The summed E-state index contributed by atoms with van der Waals surface area (Å²) < 4.78 is 15.4. The molecule has 6 nitrogen and oxygen atoms in total. The number of carbonyl (C=O) groups is 2. The first kappa shape index (κ1) is 25.3. The largest absolute Gasteiger partial charge is 0.459 e. The molecule has 1 atom stereocenters. The average Bonchev–Trinajstić information content (AvgIpc) is 2.73. The van der Waals surface area contributed by atoms with Crippen molar-refractivity contribution in [2.24, 2.45) is 0 Å². The van der Waals surface area contributed by atoms with Crippen molar-refractivity contribution < 1.29 is 28.9 Å². The average molecular weight is 417 g/mol. The van der Waals surface area contributed by atoms with E-state index in [0.29, 0.717) is 17.9 Å². The van der Waals surface area contributed by atoms with Crippen LogP contribution in [0.15, 0.2) is 60.7 Å². The Kier molecular flexibility index (Phi) is 13.6. The van der Waals surface area contributed by atoms with Gasteiger partial charge >= 0.3 is 11.9 Å². The second kappa shape index (κ2) is 16.1. The zero-order chi connectivity index (χ0) is 22.0. The molecule has 1 N–H and O–H groups in total. The van der Waals surface area contributed by atoms with Gasteiger partial charge in [0.2, 0.25) is 0 Å². The number of unbranched alkanes of at least 4 members (excludes halogenated alkanes) is 2. The summed E-state index contributed by atoms with van der Waals surface area (Å²) in [5.41, 5.74) is 0.306. The number of carbonyl (C=O) groups excluding carboxylic acids is 2. The van der Waals surface area contributed by atoms with Gasteiger partial charge < -0.3 is 19.3 Å². The molecule has 1 aromatic carbocycles. The highest BCUT2D eigenvalue weighted by atomic mass is 16.5. The molecule has 1 aromatic rings. The van der Waals surface area contributed by atoms with Crippen LogP contribution in [-0.4, -0.2) is 43.0 Å². The van der Waals surface area contributed by atoms with E-state index in [1.807, 2.05) is 24.3 Å². The Bertz CT molecular complexity index is 703. The zero-order valence-corrected chi connectivity index (χ0v) is 17.8. The molecule has 0 spiro atoms. The predicted molar refractivity (Wildman–Crippen MR) is 116 cm³/mol. The number of aliphatic hydroxyl groups excluding tert-OH is 1. The Morgan fingerprint density at radius 1 is 1.00 bits per heavy atom. The Hall–Kier alpha value is -2.70. The van der Waals surface area contributed by atoms with Gasteiger partial charge in [0, 0.05) is 13.5 Å². The highest BCUT2D eigenvalue weighted by Gasteiger charge is 2.11. The van der Waals surface area contributed by atoms with Crippen molar-refractivity contribution in [2.75, 3.05) is 19.8 Å². The molecule has 0 aliphatic rings. The van der Waals surface area contributed by atoms with Crippen LogP contribution in [0.2, 0.25) is 0 Å². The van der Waals surface area contributed by atoms with E-state index in [9.17, 15) is 14.7 Å². The van der Waals surface area contributed by atoms with Crippen LogP contribution in [0.1, 0.15) is 49.9 Å². The molecule has 1 unspecified atom stereocenters. The fourth-order valence-corrected chi connectivity index (χ4v) is 2.30. The van der Waals surface area contributed by atoms with Crippen molar-refractivity contribution >= 4 is 11.9 Å². The standard InChI is InChI=1S/C24H32O6/c1-3-4-5-6-7-8-9-10-11-12-17-28-18-22(26)19-29-24(27)21-13-15-23(16-14-21)30-20(2)25/h5-10,13-16,22,26H,3-4,11-12,17-19H2,1-2H3/b6-5+,8-7+,10-9+. The molecule has 0 bridgehead atoms. The van der Waals surface area contributed by atoms with Gasteiger partial charge in [-0.25, -0.2) is 4.79 Å². The van der Waals surface area contributed by atoms with Crippen LogP contribution in [0.4, 0.5) is 0 Å². The molecule has 0 amide bonds. The summed E-state index contributed by atoms with van der Waals surface area (Å²) in [6.45, 7) is 3.92. The molecular formula is C24H32O6.